The Labute approximate surface area is 488 Å². The lowest BCUT2D eigenvalue weighted by atomic mass is 9.35. The standard InChI is InChI=1S/C58H94O26/c1-23(2)15-25-16-56(8,72)47-26-9-10-32-54(6)13-12-33(53(4,5)31(54)11-14-55(32,7)57(26)21-58(47,84-25)76-22-57)80-51-46(83-50-43(71)38(66)34(62)24(3)77-50)44(28(61)19-74-51)81-52-45(82-49-41(69)35(63)27(60)18-73-49)40(68)37(65)30(79-52)20-75-48-42(70)39(67)36(64)29(17-59)78-48/h15,24-52,59-72H,9-14,16-22H2,1-8H3/t24-,25-,26+,27+,28-,29+,30+,31-,32+,33-,34-,35-,36+,37+,38+,39-,40-,41+,42+,43+,44-,45+,46+,47-,48+,49-,50-,51+,52-,54-,55+,56-,57+,58-/m0/s1. The zero-order chi connectivity index (χ0) is 60.7. The zero-order valence-electron chi connectivity index (χ0n) is 49.2. The summed E-state index contributed by atoms with van der Waals surface area (Å²) in [6.07, 6.45) is -31.8. The molecule has 84 heavy (non-hydrogen) atoms. The molecule has 7 aliphatic heterocycles. The van der Waals surface area contributed by atoms with Gasteiger partial charge in [-0.25, -0.2) is 0 Å². The van der Waals surface area contributed by atoms with Gasteiger partial charge in [0.2, 0.25) is 0 Å². The molecule has 0 aromatic carbocycles. The third-order valence-electron chi connectivity index (χ3n) is 22.5. The fourth-order valence-electron chi connectivity index (χ4n) is 18.3. The summed E-state index contributed by atoms with van der Waals surface area (Å²) in [6.45, 7) is 14.8. The van der Waals surface area contributed by atoms with Crippen molar-refractivity contribution in [3.8, 4) is 0 Å². The number of aliphatic hydroxyl groups excluding tert-OH is 13. The van der Waals surface area contributed by atoms with Crippen LogP contribution in [0.25, 0.3) is 0 Å². The summed E-state index contributed by atoms with van der Waals surface area (Å²) in [5.74, 6) is -0.440. The first-order valence-electron chi connectivity index (χ1n) is 30.3. The minimum atomic E-state index is -2.04. The van der Waals surface area contributed by atoms with Crippen molar-refractivity contribution >= 4 is 0 Å². The van der Waals surface area contributed by atoms with Gasteiger partial charge in [-0.1, -0.05) is 39.3 Å². The second kappa shape index (κ2) is 23.4. The number of rotatable bonds is 13. The molecule has 11 aliphatic rings. The van der Waals surface area contributed by atoms with Crippen molar-refractivity contribution in [2.75, 3.05) is 33.0 Å². The van der Waals surface area contributed by atoms with Crippen molar-refractivity contribution in [3.05, 3.63) is 11.6 Å². The van der Waals surface area contributed by atoms with Crippen LogP contribution < -0.4 is 0 Å². The van der Waals surface area contributed by atoms with Gasteiger partial charge in [-0.2, -0.15) is 0 Å². The average molecular weight is 1210 g/mol. The molecule has 0 amide bonds. The van der Waals surface area contributed by atoms with Gasteiger partial charge in [0.1, 0.15) is 104 Å². The molecular formula is C58H94O26. The zero-order valence-corrected chi connectivity index (χ0v) is 49.2. The molecule has 11 rings (SSSR count). The quantitative estimate of drug-likeness (QED) is 0.0658. The fraction of sp³-hybridized carbons (Fsp3) is 0.966. The van der Waals surface area contributed by atoms with Crippen LogP contribution in [-0.2, 0) is 56.8 Å². The minimum absolute atomic E-state index is 0.110. The molecule has 11 fully saturated rings. The Kier molecular flexibility index (Phi) is 17.9. The van der Waals surface area contributed by atoms with Gasteiger partial charge >= 0.3 is 0 Å². The second-order valence-electron chi connectivity index (χ2n) is 28.2. The number of allylic oxidation sites excluding steroid dienone is 1. The Morgan fingerprint density at radius 1 is 0.583 bits per heavy atom. The van der Waals surface area contributed by atoms with Gasteiger partial charge in [-0.15, -0.1) is 0 Å². The minimum Gasteiger partial charge on any atom is -0.394 e. The maximum Gasteiger partial charge on any atom is 0.187 e. The van der Waals surface area contributed by atoms with Crippen LogP contribution in [0.4, 0.5) is 0 Å². The summed E-state index contributed by atoms with van der Waals surface area (Å²) in [7, 11) is 0. The predicted molar refractivity (Wildman–Crippen MR) is 283 cm³/mol. The van der Waals surface area contributed by atoms with Crippen molar-refractivity contribution in [1.82, 2.24) is 0 Å². The van der Waals surface area contributed by atoms with E-state index in [9.17, 15) is 71.5 Å². The van der Waals surface area contributed by atoms with Crippen molar-refractivity contribution in [2.45, 2.75) is 272 Å². The van der Waals surface area contributed by atoms with E-state index in [0.29, 0.717) is 19.4 Å². The van der Waals surface area contributed by atoms with Gasteiger partial charge in [0.05, 0.1) is 56.9 Å². The molecule has 0 aromatic heterocycles. The number of hydrogen-bond donors (Lipinski definition) is 14. The van der Waals surface area contributed by atoms with Crippen LogP contribution >= 0.6 is 0 Å². The number of hydrogen-bond acceptors (Lipinski definition) is 26. The predicted octanol–water partition coefficient (Wildman–Crippen LogP) is -2.72. The van der Waals surface area contributed by atoms with E-state index in [-0.39, 0.29) is 46.0 Å². The summed E-state index contributed by atoms with van der Waals surface area (Å²) in [5.41, 5.74) is -0.980. The van der Waals surface area contributed by atoms with Crippen LogP contribution in [0.2, 0.25) is 0 Å². The SMILES string of the molecule is CC(C)=C[C@H]1C[C@](C)(O)[C@@H]2[C@H]3CC[C@@H]4[C@@]5(C)CC[C@H](O[C@H]6OC[C@H](O)[C@H](O[C@@H]7O[C@H](CO[C@@H]8O[C@H](CO)[C@@H](O)[C@H](O)[C@H]8O)[C@@H](O)[C@H](O)[C@H]7O[C@@H]7OC[C@@H](O)[C@H](O)[C@H]7O)[C@H]6O[C@@H]6O[C@@H](C)[C@H](O)[C@@H](O)[C@H]6O)C(C)(C)[C@@H]5CC[C@@]4(C)[C@]34CO[C@@]2(C4)O1. The summed E-state index contributed by atoms with van der Waals surface area (Å²) >= 11 is 0. The van der Waals surface area contributed by atoms with Crippen LogP contribution in [0.15, 0.2) is 11.6 Å². The van der Waals surface area contributed by atoms with E-state index in [1.54, 1.807) is 0 Å². The molecule has 482 valence electrons. The van der Waals surface area contributed by atoms with Crippen LogP contribution in [0.1, 0.15) is 107 Å². The monoisotopic (exact) mass is 1210 g/mol. The van der Waals surface area contributed by atoms with Gasteiger partial charge in [-0.05, 0) is 100 Å². The largest absolute Gasteiger partial charge is 0.394 e. The van der Waals surface area contributed by atoms with Crippen LogP contribution in [-0.4, -0.2) is 269 Å². The Balaban J connectivity index is 0.870. The van der Waals surface area contributed by atoms with E-state index < -0.39 is 191 Å². The Morgan fingerprint density at radius 2 is 1.21 bits per heavy atom. The molecule has 2 bridgehead atoms. The summed E-state index contributed by atoms with van der Waals surface area (Å²) in [5, 5.41) is 154. The number of aliphatic hydroxyl groups is 14. The molecule has 34 atom stereocenters. The number of fused-ring (bicyclic) bond motifs is 4. The molecule has 26 heteroatoms. The molecule has 26 nitrogen and oxygen atoms in total. The van der Waals surface area contributed by atoms with Crippen LogP contribution in [0, 0.1) is 45.3 Å². The molecular weight excluding hydrogens is 1110 g/mol. The fourth-order valence-corrected chi connectivity index (χ4v) is 18.3. The smallest absolute Gasteiger partial charge is 0.187 e. The van der Waals surface area contributed by atoms with Gasteiger partial charge < -0.3 is 128 Å². The van der Waals surface area contributed by atoms with E-state index in [1.807, 2.05) is 20.8 Å². The average Bonchev–Trinajstić information content (AvgIpc) is 1.44. The highest BCUT2D eigenvalue weighted by Gasteiger charge is 2.81. The highest BCUT2D eigenvalue weighted by Crippen LogP contribution is 2.80. The topological polar surface area (TPSA) is 394 Å². The van der Waals surface area contributed by atoms with Crippen molar-refractivity contribution in [1.29, 1.82) is 0 Å². The first kappa shape index (κ1) is 64.2. The maximum atomic E-state index is 12.3. The van der Waals surface area contributed by atoms with Crippen molar-refractivity contribution in [2.24, 2.45) is 45.3 Å². The molecule has 0 radical (unpaired) electrons. The van der Waals surface area contributed by atoms with Crippen molar-refractivity contribution < 1.29 is 128 Å². The molecule has 4 saturated carbocycles. The lowest BCUT2D eigenvalue weighted by Gasteiger charge is -2.70. The Morgan fingerprint density at radius 3 is 1.93 bits per heavy atom. The summed E-state index contributed by atoms with van der Waals surface area (Å²) in [6, 6.07) is 0. The van der Waals surface area contributed by atoms with Crippen molar-refractivity contribution in [3.63, 3.8) is 0 Å². The van der Waals surface area contributed by atoms with E-state index in [4.69, 9.17) is 56.8 Å². The van der Waals surface area contributed by atoms with Crippen LogP contribution in [0.3, 0.4) is 0 Å². The normalized spacial score (nSPS) is 57.1. The molecule has 2 spiro atoms. The molecule has 14 N–H and O–H groups in total. The van der Waals surface area contributed by atoms with E-state index in [1.165, 1.54) is 6.92 Å². The van der Waals surface area contributed by atoms with E-state index >= 15 is 0 Å². The van der Waals surface area contributed by atoms with Gasteiger partial charge in [0, 0.05) is 24.2 Å². The van der Waals surface area contributed by atoms with Gasteiger partial charge in [-0.3, -0.25) is 0 Å². The molecule has 7 heterocycles. The highest BCUT2D eigenvalue weighted by atomic mass is 16.8. The third-order valence-corrected chi connectivity index (χ3v) is 22.5. The first-order valence-corrected chi connectivity index (χ1v) is 30.3. The third kappa shape index (κ3) is 10.5. The van der Waals surface area contributed by atoms with Crippen LogP contribution in [0.5, 0.6) is 0 Å². The first-order chi connectivity index (χ1) is 39.4. The summed E-state index contributed by atoms with van der Waals surface area (Å²) in [4.78, 5) is 0. The summed E-state index contributed by atoms with van der Waals surface area (Å²) < 4.78 is 75.5. The Bertz CT molecular complexity index is 2330. The van der Waals surface area contributed by atoms with E-state index in [0.717, 1.165) is 44.1 Å². The lowest BCUT2D eigenvalue weighted by Crippen LogP contribution is -2.68. The van der Waals surface area contributed by atoms with E-state index in [2.05, 4.69) is 33.8 Å². The number of ether oxygens (including phenoxy) is 12. The molecule has 0 aromatic rings. The van der Waals surface area contributed by atoms with Gasteiger partial charge in [0.15, 0.2) is 37.2 Å². The lowest BCUT2D eigenvalue weighted by molar-refractivity contribution is -0.401. The Hall–Kier alpha value is -1.30. The van der Waals surface area contributed by atoms with Gasteiger partial charge in [0.25, 0.3) is 0 Å². The highest BCUT2D eigenvalue weighted by molar-refractivity contribution is 5.27. The maximum absolute atomic E-state index is 12.3. The molecule has 4 aliphatic carbocycles. The molecule has 7 saturated heterocycles. The molecule has 0 unspecified atom stereocenters. The second-order valence-corrected chi connectivity index (χ2v) is 28.2.